The molecule has 0 fully saturated rings. The third-order valence-corrected chi connectivity index (χ3v) is 3.26. The maximum Gasteiger partial charge on any atom is 0.293 e. The molecule has 8 nitrogen and oxygen atoms in total. The molecule has 1 aromatic carbocycles. The molecule has 2 rings (SSSR count). The fourth-order valence-corrected chi connectivity index (χ4v) is 2.04. The van der Waals surface area contributed by atoms with Gasteiger partial charge in [-0.15, -0.1) is 0 Å². The van der Waals surface area contributed by atoms with E-state index >= 15 is 0 Å². The quantitative estimate of drug-likeness (QED) is 0.305. The Morgan fingerprint density at radius 2 is 1.96 bits per heavy atom. The second-order valence-corrected chi connectivity index (χ2v) is 5.18. The van der Waals surface area contributed by atoms with E-state index in [9.17, 15) is 14.9 Å². The summed E-state index contributed by atoms with van der Waals surface area (Å²) in [6.45, 7) is 1.22. The van der Waals surface area contributed by atoms with Crippen LogP contribution < -0.4 is 16.0 Å². The molecule has 0 unspecified atom stereocenters. The number of carbonyl (C=O) groups is 1. The summed E-state index contributed by atoms with van der Waals surface area (Å²) in [6, 6.07) is 9.36. The van der Waals surface area contributed by atoms with Crippen LogP contribution in [0.4, 0.5) is 11.4 Å². The number of hydrogen-bond donors (Lipinski definition) is 3. The summed E-state index contributed by atoms with van der Waals surface area (Å²) in [4.78, 5) is 21.8. The van der Waals surface area contributed by atoms with E-state index in [1.54, 1.807) is 24.3 Å². The van der Waals surface area contributed by atoms with Crippen LogP contribution in [0.15, 0.2) is 47.1 Å². The van der Waals surface area contributed by atoms with Crippen molar-refractivity contribution in [2.24, 2.45) is 0 Å². The van der Waals surface area contributed by atoms with Gasteiger partial charge in [-0.2, -0.15) is 0 Å². The standard InChI is InChI=1S/C15H16N4O4S/c20-14(13-3-1-10-23-13)18-15(24)17-9-2-8-16-11-4-6-12(7-5-11)19(21)22/h1,3-7,10,16H,2,8-9H2,(H2,17,18,20,24). The van der Waals surface area contributed by atoms with Gasteiger partial charge in [0, 0.05) is 30.9 Å². The molecule has 9 heteroatoms. The van der Waals surface area contributed by atoms with E-state index in [1.807, 2.05) is 0 Å². The summed E-state index contributed by atoms with van der Waals surface area (Å²) in [6.07, 6.45) is 2.16. The van der Waals surface area contributed by atoms with Crippen LogP contribution in [0.3, 0.4) is 0 Å². The molecule has 1 amide bonds. The van der Waals surface area contributed by atoms with Gasteiger partial charge >= 0.3 is 0 Å². The van der Waals surface area contributed by atoms with Crippen LogP contribution >= 0.6 is 12.2 Å². The molecule has 0 radical (unpaired) electrons. The highest BCUT2D eigenvalue weighted by atomic mass is 32.1. The Balaban J connectivity index is 1.61. The van der Waals surface area contributed by atoms with Gasteiger partial charge in [0.05, 0.1) is 11.2 Å². The largest absolute Gasteiger partial charge is 0.459 e. The molecule has 0 saturated heterocycles. The molecule has 1 heterocycles. The molecular weight excluding hydrogens is 332 g/mol. The fraction of sp³-hybridized carbons (Fsp3) is 0.200. The lowest BCUT2D eigenvalue weighted by Crippen LogP contribution is -2.39. The Morgan fingerprint density at radius 1 is 1.21 bits per heavy atom. The average Bonchev–Trinajstić information content (AvgIpc) is 3.09. The first kappa shape index (κ1) is 17.4. The molecule has 126 valence electrons. The Labute approximate surface area is 143 Å². The molecule has 1 aromatic heterocycles. The van der Waals surface area contributed by atoms with Crippen molar-refractivity contribution in [3.05, 3.63) is 58.5 Å². The number of rotatable bonds is 7. The lowest BCUT2D eigenvalue weighted by atomic mass is 10.3. The number of furan rings is 1. The van der Waals surface area contributed by atoms with Crippen LogP contribution in [-0.4, -0.2) is 29.0 Å². The number of anilines is 1. The minimum atomic E-state index is -0.439. The average molecular weight is 348 g/mol. The number of thiocarbonyl (C=S) groups is 1. The summed E-state index contributed by atoms with van der Waals surface area (Å²) in [5, 5.41) is 19.3. The van der Waals surface area contributed by atoms with E-state index in [-0.39, 0.29) is 16.6 Å². The molecule has 0 bridgehead atoms. The minimum Gasteiger partial charge on any atom is -0.459 e. The van der Waals surface area contributed by atoms with Gasteiger partial charge in [-0.05, 0) is 42.9 Å². The number of carbonyl (C=O) groups excluding carboxylic acids is 1. The van der Waals surface area contributed by atoms with Crippen LogP contribution in [0.2, 0.25) is 0 Å². The first-order valence-corrected chi connectivity index (χ1v) is 7.58. The van der Waals surface area contributed by atoms with E-state index in [0.29, 0.717) is 13.1 Å². The SMILES string of the molecule is O=C(NC(=S)NCCCNc1ccc([N+](=O)[O-])cc1)c1ccco1. The van der Waals surface area contributed by atoms with Gasteiger partial charge in [0.25, 0.3) is 11.6 Å². The van der Waals surface area contributed by atoms with Crippen LogP contribution in [0.5, 0.6) is 0 Å². The van der Waals surface area contributed by atoms with Gasteiger partial charge in [0.1, 0.15) is 0 Å². The molecule has 0 atom stereocenters. The molecular formula is C15H16N4O4S. The number of nitro groups is 1. The molecule has 0 aliphatic rings. The number of non-ortho nitro benzene ring substituents is 1. The van der Waals surface area contributed by atoms with Crippen LogP contribution in [0, 0.1) is 10.1 Å². The zero-order valence-electron chi connectivity index (χ0n) is 12.7. The molecule has 3 N–H and O–H groups in total. The van der Waals surface area contributed by atoms with Crippen LogP contribution in [0.25, 0.3) is 0 Å². The lowest BCUT2D eigenvalue weighted by Gasteiger charge is -2.09. The second kappa shape index (κ2) is 8.63. The summed E-state index contributed by atoms with van der Waals surface area (Å²) in [5.74, 6) is -0.208. The van der Waals surface area contributed by atoms with Crippen molar-refractivity contribution in [1.29, 1.82) is 0 Å². The molecule has 24 heavy (non-hydrogen) atoms. The molecule has 0 spiro atoms. The highest BCUT2D eigenvalue weighted by Gasteiger charge is 2.09. The van der Waals surface area contributed by atoms with Gasteiger partial charge in [-0.3, -0.25) is 20.2 Å². The van der Waals surface area contributed by atoms with Gasteiger partial charge in [-0.25, -0.2) is 0 Å². The monoisotopic (exact) mass is 348 g/mol. The Kier molecular flexibility index (Phi) is 6.26. The second-order valence-electron chi connectivity index (χ2n) is 4.77. The summed E-state index contributed by atoms with van der Waals surface area (Å²) >= 11 is 5.02. The van der Waals surface area contributed by atoms with E-state index in [1.165, 1.54) is 18.4 Å². The number of nitro benzene ring substituents is 1. The minimum absolute atomic E-state index is 0.0554. The van der Waals surface area contributed by atoms with Crippen molar-refractivity contribution < 1.29 is 14.1 Å². The van der Waals surface area contributed by atoms with Gasteiger partial charge in [-0.1, -0.05) is 0 Å². The molecule has 0 aliphatic carbocycles. The normalized spacial score (nSPS) is 10.0. The van der Waals surface area contributed by atoms with Gasteiger partial charge < -0.3 is 15.1 Å². The number of hydrogen-bond acceptors (Lipinski definition) is 6. The van der Waals surface area contributed by atoms with Crippen molar-refractivity contribution in [2.75, 3.05) is 18.4 Å². The van der Waals surface area contributed by atoms with Crippen molar-refractivity contribution in [3.63, 3.8) is 0 Å². The maximum atomic E-state index is 11.7. The Hall–Kier alpha value is -2.94. The summed E-state index contributed by atoms with van der Waals surface area (Å²) < 4.78 is 4.96. The smallest absolute Gasteiger partial charge is 0.293 e. The van der Waals surface area contributed by atoms with Crippen molar-refractivity contribution in [2.45, 2.75) is 6.42 Å². The number of amides is 1. The molecule has 2 aromatic rings. The van der Waals surface area contributed by atoms with Crippen LogP contribution in [0.1, 0.15) is 17.0 Å². The highest BCUT2D eigenvalue weighted by Crippen LogP contribution is 2.15. The summed E-state index contributed by atoms with van der Waals surface area (Å²) in [5.41, 5.74) is 0.856. The molecule has 0 saturated carbocycles. The predicted molar refractivity (Wildman–Crippen MR) is 93.0 cm³/mol. The predicted octanol–water partition coefficient (Wildman–Crippen LogP) is 2.29. The molecule has 0 aliphatic heterocycles. The fourth-order valence-electron chi connectivity index (χ4n) is 1.84. The zero-order valence-corrected chi connectivity index (χ0v) is 13.5. The third kappa shape index (κ3) is 5.36. The van der Waals surface area contributed by atoms with E-state index < -0.39 is 10.8 Å². The first-order chi connectivity index (χ1) is 11.6. The van der Waals surface area contributed by atoms with E-state index in [0.717, 1.165) is 12.1 Å². The number of nitrogens with one attached hydrogen (secondary N) is 3. The lowest BCUT2D eigenvalue weighted by molar-refractivity contribution is -0.384. The van der Waals surface area contributed by atoms with Gasteiger partial charge in [0.15, 0.2) is 10.9 Å². The maximum absolute atomic E-state index is 11.7. The van der Waals surface area contributed by atoms with Crippen LogP contribution in [-0.2, 0) is 0 Å². The zero-order chi connectivity index (χ0) is 17.4. The van der Waals surface area contributed by atoms with E-state index in [2.05, 4.69) is 16.0 Å². The first-order valence-electron chi connectivity index (χ1n) is 7.17. The van der Waals surface area contributed by atoms with Crippen molar-refractivity contribution in [1.82, 2.24) is 10.6 Å². The number of nitrogens with zero attached hydrogens (tertiary/aromatic N) is 1. The third-order valence-electron chi connectivity index (χ3n) is 3.02. The van der Waals surface area contributed by atoms with Crippen molar-refractivity contribution >= 4 is 34.6 Å². The summed E-state index contributed by atoms with van der Waals surface area (Å²) in [7, 11) is 0. The highest BCUT2D eigenvalue weighted by molar-refractivity contribution is 7.80. The Morgan fingerprint density at radius 3 is 2.58 bits per heavy atom. The number of benzene rings is 1. The Bertz CT molecular complexity index is 701. The van der Waals surface area contributed by atoms with E-state index in [4.69, 9.17) is 16.6 Å². The topological polar surface area (TPSA) is 109 Å². The van der Waals surface area contributed by atoms with Gasteiger partial charge in [0.2, 0.25) is 0 Å². The van der Waals surface area contributed by atoms with Crippen molar-refractivity contribution in [3.8, 4) is 0 Å².